The van der Waals surface area contributed by atoms with Gasteiger partial charge in [-0.05, 0) is 0 Å². The van der Waals surface area contributed by atoms with E-state index in [1.165, 1.54) is 0 Å². The molecule has 1 rings (SSSR count). The summed E-state index contributed by atoms with van der Waals surface area (Å²) >= 11 is 1.11. The quantitative estimate of drug-likeness (QED) is 0.471. The van der Waals surface area contributed by atoms with Crippen LogP contribution in [0.1, 0.15) is 0 Å². The molecule has 0 aliphatic rings. The zero-order valence-corrected chi connectivity index (χ0v) is 9.63. The fourth-order valence-corrected chi connectivity index (χ4v) is 3.67. The topological polar surface area (TPSA) is 0 Å². The molecule has 0 atom stereocenters. The third-order valence-corrected chi connectivity index (χ3v) is 6.36. The number of hydrogen-bond donors (Lipinski definition) is 0. The van der Waals surface area contributed by atoms with Crippen molar-refractivity contribution in [2.24, 2.45) is 0 Å². The van der Waals surface area contributed by atoms with Gasteiger partial charge in [0.2, 0.25) is 0 Å². The average Bonchev–Trinajstić information content (AvgIpc) is 1.90. The first-order valence-corrected chi connectivity index (χ1v) is 11.7. The Morgan fingerprint density at radius 2 is 1.75 bits per heavy atom. The first kappa shape index (κ1) is 7.18. The van der Waals surface area contributed by atoms with Crippen LogP contribution >= 0.6 is 0 Å². The van der Waals surface area contributed by atoms with Crippen LogP contribution in [-0.4, -0.2) is 49.9 Å². The SMILES string of the molecule is [K][SiH2]c1ccccc1. The molecule has 8 heavy (non-hydrogen) atoms. The van der Waals surface area contributed by atoms with Gasteiger partial charge in [0.25, 0.3) is 0 Å². The third kappa shape index (κ3) is 2.13. The maximum atomic E-state index is 2.25. The van der Waals surface area contributed by atoms with Gasteiger partial charge >= 0.3 is 85.4 Å². The van der Waals surface area contributed by atoms with Crippen molar-refractivity contribution in [2.45, 2.75) is 0 Å². The molecule has 1 aromatic carbocycles. The maximum absolute atomic E-state index is 2.25. The Labute approximate surface area is 83.8 Å². The van der Waals surface area contributed by atoms with Gasteiger partial charge in [-0.15, -0.1) is 0 Å². The molecule has 0 N–H and O–H groups in total. The second kappa shape index (κ2) is 3.98. The summed E-state index contributed by atoms with van der Waals surface area (Å²) in [6, 6.07) is 10.8. The van der Waals surface area contributed by atoms with Gasteiger partial charge in [0.1, 0.15) is 0 Å². The van der Waals surface area contributed by atoms with Crippen LogP contribution in [0, 0.1) is 0 Å². The summed E-state index contributed by atoms with van der Waals surface area (Å²) in [5.74, 6) is 0. The van der Waals surface area contributed by atoms with Crippen LogP contribution in [0.3, 0.4) is 0 Å². The fourth-order valence-electron chi connectivity index (χ4n) is 0.714. The first-order chi connectivity index (χ1) is 3.93. The molecular weight excluding hydrogens is 139 g/mol. The molecule has 0 unspecified atom stereocenters. The molecule has 0 aliphatic heterocycles. The summed E-state index contributed by atoms with van der Waals surface area (Å²) < 4.78 is 0.279. The van der Waals surface area contributed by atoms with E-state index in [4.69, 9.17) is 0 Å². The van der Waals surface area contributed by atoms with Crippen molar-refractivity contribution in [3.8, 4) is 0 Å². The first-order valence-electron chi connectivity index (χ1n) is 2.97. The van der Waals surface area contributed by atoms with E-state index in [0.29, 0.717) is 0 Å². The van der Waals surface area contributed by atoms with Crippen LogP contribution in [0.25, 0.3) is 0 Å². The summed E-state index contributed by atoms with van der Waals surface area (Å²) in [5.41, 5.74) is 0. The van der Waals surface area contributed by atoms with Gasteiger partial charge in [0.05, 0.1) is 0 Å². The van der Waals surface area contributed by atoms with Crippen molar-refractivity contribution in [1.82, 2.24) is 0 Å². The molecule has 0 fully saturated rings. The average molecular weight is 146 g/mol. The van der Waals surface area contributed by atoms with Crippen molar-refractivity contribution >= 4 is 55.1 Å². The molecule has 2 heteroatoms. The summed E-state index contributed by atoms with van der Waals surface area (Å²) in [6.45, 7) is 0. The molecule has 0 amide bonds. The molecule has 0 heterocycles. The van der Waals surface area contributed by atoms with Crippen molar-refractivity contribution in [3.05, 3.63) is 30.3 Å². The van der Waals surface area contributed by atoms with Crippen LogP contribution in [0.4, 0.5) is 0 Å². The minimum atomic E-state index is 0.279. The Morgan fingerprint density at radius 1 is 1.12 bits per heavy atom. The van der Waals surface area contributed by atoms with Gasteiger partial charge in [0.15, 0.2) is 0 Å². The fraction of sp³-hybridized carbons (Fsp3) is 0. The van der Waals surface area contributed by atoms with Gasteiger partial charge in [-0.1, -0.05) is 0 Å². The van der Waals surface area contributed by atoms with Crippen LogP contribution < -0.4 is 5.19 Å². The zero-order valence-electron chi connectivity index (χ0n) is 5.09. The predicted molar refractivity (Wildman–Crippen MR) is 40.4 cm³/mol. The standard InChI is InChI=1S/C6H7Si.K/c7-6-4-2-1-3-5-6;/h1-5H,7H2;. The molecule has 0 spiro atoms. The van der Waals surface area contributed by atoms with Gasteiger partial charge in [-0.2, -0.15) is 0 Å². The summed E-state index contributed by atoms with van der Waals surface area (Å²) in [4.78, 5) is 0. The van der Waals surface area contributed by atoms with Crippen molar-refractivity contribution in [2.75, 3.05) is 0 Å². The van der Waals surface area contributed by atoms with Gasteiger partial charge in [-0.3, -0.25) is 0 Å². The van der Waals surface area contributed by atoms with E-state index in [9.17, 15) is 0 Å². The van der Waals surface area contributed by atoms with Crippen LogP contribution in [0.15, 0.2) is 30.3 Å². The number of hydrogen-bond acceptors (Lipinski definition) is 0. The Balaban J connectivity index is 2.83. The Bertz CT molecular complexity index is 150. The molecule has 0 radical (unpaired) electrons. The van der Waals surface area contributed by atoms with Crippen molar-refractivity contribution < 1.29 is 0 Å². The van der Waals surface area contributed by atoms with E-state index in [1.807, 2.05) is 0 Å². The van der Waals surface area contributed by atoms with E-state index in [0.717, 1.165) is 47.7 Å². The second-order valence-corrected chi connectivity index (χ2v) is 6.68. The van der Waals surface area contributed by atoms with E-state index >= 15 is 0 Å². The van der Waals surface area contributed by atoms with Crippen molar-refractivity contribution in [3.63, 3.8) is 0 Å². The Kier molecular flexibility index (Phi) is 3.57. The summed E-state index contributed by atoms with van der Waals surface area (Å²) in [6.07, 6.45) is 0. The summed E-state index contributed by atoms with van der Waals surface area (Å²) in [5, 5.41) is 1.63. The monoisotopic (exact) mass is 146 g/mol. The Morgan fingerprint density at radius 3 is 2.12 bits per heavy atom. The molecule has 0 saturated carbocycles. The van der Waals surface area contributed by atoms with Crippen LogP contribution in [-0.2, 0) is 0 Å². The van der Waals surface area contributed by atoms with Crippen LogP contribution in [0.2, 0.25) is 0 Å². The second-order valence-electron chi connectivity index (χ2n) is 1.84. The third-order valence-electron chi connectivity index (χ3n) is 1.25. The van der Waals surface area contributed by atoms with E-state index in [1.54, 1.807) is 5.19 Å². The normalized spacial score (nSPS) is 10.8. The number of rotatable bonds is 1. The molecule has 0 saturated heterocycles. The molecule has 0 aromatic heterocycles. The molecule has 0 nitrogen and oxygen atoms in total. The van der Waals surface area contributed by atoms with E-state index < -0.39 is 0 Å². The molecular formula is C6H7KSi. The van der Waals surface area contributed by atoms with Gasteiger partial charge in [0, 0.05) is 0 Å². The number of benzene rings is 1. The Hall–Kier alpha value is 1.07. The molecule has 0 bridgehead atoms. The van der Waals surface area contributed by atoms with Crippen molar-refractivity contribution in [1.29, 1.82) is 0 Å². The van der Waals surface area contributed by atoms with Crippen LogP contribution in [0.5, 0.6) is 0 Å². The molecule has 1 aromatic rings. The van der Waals surface area contributed by atoms with Gasteiger partial charge in [-0.25, -0.2) is 0 Å². The molecule has 0 aliphatic carbocycles. The summed E-state index contributed by atoms with van der Waals surface area (Å²) in [7, 11) is 0. The zero-order chi connectivity index (χ0) is 5.82. The minimum absolute atomic E-state index is 0.279. The predicted octanol–water partition coefficient (Wildman–Crippen LogP) is -0.436. The molecule has 36 valence electrons. The van der Waals surface area contributed by atoms with E-state index in [-0.39, 0.29) is 2.20 Å². The van der Waals surface area contributed by atoms with E-state index in [2.05, 4.69) is 30.3 Å². The van der Waals surface area contributed by atoms with Gasteiger partial charge < -0.3 is 0 Å².